The molecule has 1 saturated heterocycles. The Morgan fingerprint density at radius 2 is 1.76 bits per heavy atom. The molecule has 2 aromatic rings. The molecule has 1 atom stereocenters. The van der Waals surface area contributed by atoms with Gasteiger partial charge >= 0.3 is 0 Å². The molecule has 174 valence electrons. The smallest absolute Gasteiger partial charge is 0.269 e. The van der Waals surface area contributed by atoms with Gasteiger partial charge in [-0.15, -0.1) is 0 Å². The lowest BCUT2D eigenvalue weighted by Crippen LogP contribution is -2.57. The Balaban J connectivity index is 1.37. The van der Waals surface area contributed by atoms with Crippen LogP contribution in [0.1, 0.15) is 41.7 Å². The first-order valence-corrected chi connectivity index (χ1v) is 11.5. The fourth-order valence-corrected chi connectivity index (χ4v) is 4.85. The molecular weight excluding hydrogens is 422 g/mol. The predicted molar refractivity (Wildman–Crippen MR) is 122 cm³/mol. The number of piperazine rings is 1. The quantitative estimate of drug-likeness (QED) is 0.512. The first kappa shape index (κ1) is 22.8. The minimum atomic E-state index is -0.477. The normalized spacial score (nSPS) is 18.1. The number of hydrogen-bond donors (Lipinski definition) is 1. The molecule has 1 aliphatic heterocycles. The summed E-state index contributed by atoms with van der Waals surface area (Å²) in [5.74, 6) is 0.218. The summed E-state index contributed by atoms with van der Waals surface area (Å²) in [6, 6.07) is 11.2. The highest BCUT2D eigenvalue weighted by atomic mass is 16.6. The molecule has 1 aromatic carbocycles. The zero-order valence-electron chi connectivity index (χ0n) is 18.6. The van der Waals surface area contributed by atoms with Gasteiger partial charge in [0.2, 0.25) is 5.91 Å². The van der Waals surface area contributed by atoms with Crippen molar-refractivity contribution in [3.8, 4) is 0 Å². The highest BCUT2D eigenvalue weighted by Gasteiger charge is 2.37. The van der Waals surface area contributed by atoms with Gasteiger partial charge in [0.05, 0.1) is 23.2 Å². The topological polar surface area (TPSA) is 109 Å². The Kier molecular flexibility index (Phi) is 7.29. The lowest BCUT2D eigenvalue weighted by molar-refractivity contribution is -0.384. The molecule has 2 heterocycles. The van der Waals surface area contributed by atoms with Crippen LogP contribution < -0.4 is 5.32 Å². The minimum absolute atomic E-state index is 0.0303. The fourth-order valence-electron chi connectivity index (χ4n) is 4.85. The van der Waals surface area contributed by atoms with Gasteiger partial charge in [-0.2, -0.15) is 0 Å². The zero-order chi connectivity index (χ0) is 23.2. The molecule has 2 fully saturated rings. The van der Waals surface area contributed by atoms with Crippen LogP contribution in [0, 0.1) is 16.0 Å². The van der Waals surface area contributed by atoms with Gasteiger partial charge < -0.3 is 10.2 Å². The molecule has 9 heteroatoms. The van der Waals surface area contributed by atoms with Crippen LogP contribution in [-0.2, 0) is 11.3 Å². The maximum atomic E-state index is 13.2. The third-order valence-electron chi connectivity index (χ3n) is 6.60. The highest BCUT2D eigenvalue weighted by Crippen LogP contribution is 2.31. The number of nitro benzene ring substituents is 1. The van der Waals surface area contributed by atoms with E-state index in [9.17, 15) is 19.7 Å². The molecule has 1 N–H and O–H groups in total. The number of amides is 2. The second-order valence-electron chi connectivity index (χ2n) is 8.66. The van der Waals surface area contributed by atoms with Gasteiger partial charge in [0, 0.05) is 50.1 Å². The van der Waals surface area contributed by atoms with Crippen LogP contribution in [0.2, 0.25) is 0 Å². The third kappa shape index (κ3) is 5.54. The van der Waals surface area contributed by atoms with Crippen LogP contribution in [0.25, 0.3) is 0 Å². The number of hydrogen-bond acceptors (Lipinski definition) is 6. The molecular formula is C24H29N5O4. The first-order chi connectivity index (χ1) is 16.0. The van der Waals surface area contributed by atoms with E-state index in [0.717, 1.165) is 31.4 Å². The Bertz CT molecular complexity index is 968. The standard InChI is InChI=1S/C24H29N5O4/c30-23(26-17-20-7-3-4-12-25-20)22(18-5-1-2-6-18)27-13-15-28(16-14-27)24(31)19-8-10-21(11-9-19)29(32)33/h3-4,7-12,18,22H,1-2,5-6,13-17H2,(H,26,30). The molecule has 2 aliphatic rings. The van der Waals surface area contributed by atoms with Crippen molar-refractivity contribution in [2.75, 3.05) is 26.2 Å². The zero-order valence-corrected chi connectivity index (χ0v) is 18.6. The maximum Gasteiger partial charge on any atom is 0.269 e. The second kappa shape index (κ2) is 10.5. The van der Waals surface area contributed by atoms with Gasteiger partial charge in [-0.05, 0) is 43.0 Å². The van der Waals surface area contributed by atoms with Gasteiger partial charge in [0.1, 0.15) is 0 Å². The van der Waals surface area contributed by atoms with Crippen LogP contribution in [0.3, 0.4) is 0 Å². The number of pyridine rings is 1. The summed E-state index contributed by atoms with van der Waals surface area (Å²) in [6.07, 6.45) is 6.10. The molecule has 2 amide bonds. The molecule has 33 heavy (non-hydrogen) atoms. The van der Waals surface area contributed by atoms with Crippen LogP contribution in [0.5, 0.6) is 0 Å². The van der Waals surface area contributed by atoms with Gasteiger partial charge in [-0.3, -0.25) is 29.6 Å². The molecule has 0 radical (unpaired) electrons. The van der Waals surface area contributed by atoms with Crippen LogP contribution in [0.4, 0.5) is 5.69 Å². The molecule has 1 aromatic heterocycles. The fraction of sp³-hybridized carbons (Fsp3) is 0.458. The van der Waals surface area contributed by atoms with Crippen molar-refractivity contribution in [1.29, 1.82) is 0 Å². The molecule has 1 unspecified atom stereocenters. The Hall–Kier alpha value is -3.33. The average Bonchev–Trinajstić information content (AvgIpc) is 3.38. The van der Waals surface area contributed by atoms with Gasteiger partial charge in [0.15, 0.2) is 0 Å². The van der Waals surface area contributed by atoms with Crippen molar-refractivity contribution in [2.24, 2.45) is 5.92 Å². The van der Waals surface area contributed by atoms with Crippen LogP contribution in [-0.4, -0.2) is 63.7 Å². The minimum Gasteiger partial charge on any atom is -0.349 e. The van der Waals surface area contributed by atoms with Crippen molar-refractivity contribution in [1.82, 2.24) is 20.1 Å². The van der Waals surface area contributed by atoms with E-state index in [2.05, 4.69) is 15.2 Å². The molecule has 4 rings (SSSR count). The van der Waals surface area contributed by atoms with E-state index in [-0.39, 0.29) is 23.5 Å². The Labute approximate surface area is 192 Å². The van der Waals surface area contributed by atoms with Gasteiger partial charge in [-0.25, -0.2) is 0 Å². The highest BCUT2D eigenvalue weighted by molar-refractivity contribution is 5.94. The number of non-ortho nitro benzene ring substituents is 1. The predicted octanol–water partition coefficient (Wildman–Crippen LogP) is 2.62. The number of carbonyl (C=O) groups excluding carboxylic acids is 2. The van der Waals surface area contributed by atoms with E-state index in [4.69, 9.17) is 0 Å². The molecule has 0 bridgehead atoms. The van der Waals surface area contributed by atoms with E-state index < -0.39 is 4.92 Å². The van der Waals surface area contributed by atoms with Crippen molar-refractivity contribution in [3.05, 3.63) is 70.0 Å². The number of nitrogens with one attached hydrogen (secondary N) is 1. The number of nitrogens with zero attached hydrogens (tertiary/aromatic N) is 4. The van der Waals surface area contributed by atoms with E-state index in [1.165, 1.54) is 24.3 Å². The lowest BCUT2D eigenvalue weighted by Gasteiger charge is -2.40. The Morgan fingerprint density at radius 1 is 1.06 bits per heavy atom. The molecule has 9 nitrogen and oxygen atoms in total. The summed E-state index contributed by atoms with van der Waals surface area (Å²) >= 11 is 0. The van der Waals surface area contributed by atoms with Crippen LogP contribution in [0.15, 0.2) is 48.7 Å². The average molecular weight is 452 g/mol. The van der Waals surface area contributed by atoms with Gasteiger partial charge in [-0.1, -0.05) is 18.9 Å². The third-order valence-corrected chi connectivity index (χ3v) is 6.60. The molecule has 1 aliphatic carbocycles. The van der Waals surface area contributed by atoms with Crippen molar-refractivity contribution in [2.45, 2.75) is 38.3 Å². The SMILES string of the molecule is O=C(NCc1ccccn1)C(C1CCCC1)N1CCN(C(=O)c2ccc([N+](=O)[O-])cc2)CC1. The van der Waals surface area contributed by atoms with E-state index >= 15 is 0 Å². The summed E-state index contributed by atoms with van der Waals surface area (Å²) in [7, 11) is 0. The number of rotatable bonds is 7. The van der Waals surface area contributed by atoms with Crippen LogP contribution >= 0.6 is 0 Å². The van der Waals surface area contributed by atoms with Crippen molar-refractivity contribution >= 4 is 17.5 Å². The van der Waals surface area contributed by atoms with E-state index in [1.54, 1.807) is 11.1 Å². The van der Waals surface area contributed by atoms with Gasteiger partial charge in [0.25, 0.3) is 11.6 Å². The monoisotopic (exact) mass is 451 g/mol. The summed E-state index contributed by atoms with van der Waals surface area (Å²) in [4.78, 5) is 44.7. The van der Waals surface area contributed by atoms with E-state index in [0.29, 0.717) is 44.2 Å². The van der Waals surface area contributed by atoms with E-state index in [1.807, 2.05) is 18.2 Å². The Morgan fingerprint density at radius 3 is 2.36 bits per heavy atom. The number of nitro groups is 1. The van der Waals surface area contributed by atoms with Crippen molar-refractivity contribution in [3.63, 3.8) is 0 Å². The summed E-state index contributed by atoms with van der Waals surface area (Å²) in [5.41, 5.74) is 1.23. The molecule has 1 saturated carbocycles. The second-order valence-corrected chi connectivity index (χ2v) is 8.66. The first-order valence-electron chi connectivity index (χ1n) is 11.5. The maximum absolute atomic E-state index is 13.2. The summed E-state index contributed by atoms with van der Waals surface area (Å²) in [6.45, 7) is 2.69. The summed E-state index contributed by atoms with van der Waals surface area (Å²) in [5, 5.41) is 13.9. The number of carbonyl (C=O) groups is 2. The van der Waals surface area contributed by atoms with Crippen molar-refractivity contribution < 1.29 is 14.5 Å². The summed E-state index contributed by atoms with van der Waals surface area (Å²) < 4.78 is 0. The number of aromatic nitrogens is 1. The number of benzene rings is 1. The largest absolute Gasteiger partial charge is 0.349 e. The lowest BCUT2D eigenvalue weighted by atomic mass is 9.95. The molecule has 0 spiro atoms.